The molecule has 0 unspecified atom stereocenters. The Balaban J connectivity index is 1.90. The predicted octanol–water partition coefficient (Wildman–Crippen LogP) is 3.02. The normalized spacial score (nSPS) is 18.5. The zero-order chi connectivity index (χ0) is 15.5. The van der Waals surface area contributed by atoms with Gasteiger partial charge in [0.2, 0.25) is 0 Å². The van der Waals surface area contributed by atoms with Crippen molar-refractivity contribution in [3.63, 3.8) is 0 Å². The molecular weight excluding hydrogens is 296 g/mol. The topological polar surface area (TPSA) is 58.5 Å². The van der Waals surface area contributed by atoms with Crippen LogP contribution in [0.1, 0.15) is 11.3 Å². The maximum Gasteiger partial charge on any atom is 0.266 e. The number of aliphatic imine (C=N–C) groups is 1. The molecule has 0 spiro atoms. The molecule has 5 nitrogen and oxygen atoms in total. The quantitative estimate of drug-likeness (QED) is 0.800. The summed E-state index contributed by atoms with van der Waals surface area (Å²) in [6.45, 7) is 1.91. The van der Waals surface area contributed by atoms with Crippen LogP contribution in [0.4, 0.5) is 5.82 Å². The number of amides is 1. The van der Waals surface area contributed by atoms with Crippen molar-refractivity contribution < 1.29 is 4.79 Å². The van der Waals surface area contributed by atoms with Crippen molar-refractivity contribution in [2.75, 3.05) is 7.05 Å². The van der Waals surface area contributed by atoms with E-state index in [0.29, 0.717) is 15.9 Å². The van der Waals surface area contributed by atoms with Crippen LogP contribution in [-0.2, 0) is 4.79 Å². The molecule has 1 fully saturated rings. The second-order valence-corrected chi connectivity index (χ2v) is 5.80. The van der Waals surface area contributed by atoms with E-state index in [1.165, 1.54) is 16.7 Å². The Morgan fingerprint density at radius 1 is 1.27 bits per heavy atom. The number of nitrogens with zero attached hydrogens (tertiary/aromatic N) is 4. The third-order valence-electron chi connectivity index (χ3n) is 3.07. The van der Waals surface area contributed by atoms with Crippen molar-refractivity contribution >= 4 is 34.7 Å². The van der Waals surface area contributed by atoms with Gasteiger partial charge >= 0.3 is 0 Å². The molecule has 0 radical (unpaired) electrons. The van der Waals surface area contributed by atoms with E-state index in [4.69, 9.17) is 0 Å². The minimum atomic E-state index is -0.0692. The Kier molecular flexibility index (Phi) is 4.02. The van der Waals surface area contributed by atoms with E-state index in [2.05, 4.69) is 15.0 Å². The van der Waals surface area contributed by atoms with Gasteiger partial charge in [0.05, 0.1) is 4.91 Å². The number of carbonyl (C=O) groups is 1. The van der Waals surface area contributed by atoms with Crippen LogP contribution in [-0.4, -0.2) is 33.0 Å². The highest BCUT2D eigenvalue weighted by molar-refractivity contribution is 8.18. The molecular formula is C16H14N4OS. The number of pyridine rings is 2. The zero-order valence-corrected chi connectivity index (χ0v) is 13.0. The number of carbonyl (C=O) groups excluding carboxylic acids is 1. The summed E-state index contributed by atoms with van der Waals surface area (Å²) >= 11 is 1.34. The molecule has 110 valence electrons. The summed E-state index contributed by atoms with van der Waals surface area (Å²) in [5, 5.41) is 0.623. The molecule has 2 aromatic rings. The summed E-state index contributed by atoms with van der Waals surface area (Å²) in [4.78, 5) is 27.3. The maximum atomic E-state index is 12.3. The molecule has 0 N–H and O–H groups in total. The molecule has 0 bridgehead atoms. The van der Waals surface area contributed by atoms with Gasteiger partial charge in [-0.05, 0) is 48.5 Å². The Hall–Kier alpha value is -2.47. The first-order valence-corrected chi connectivity index (χ1v) is 7.55. The highest BCUT2D eigenvalue weighted by Crippen LogP contribution is 2.32. The predicted molar refractivity (Wildman–Crippen MR) is 88.6 cm³/mol. The van der Waals surface area contributed by atoms with Crippen molar-refractivity contribution in [2.45, 2.75) is 6.92 Å². The Labute approximate surface area is 132 Å². The molecule has 0 aromatic carbocycles. The first kappa shape index (κ1) is 14.5. The smallest absolute Gasteiger partial charge is 0.266 e. The third-order valence-corrected chi connectivity index (χ3v) is 4.13. The van der Waals surface area contributed by atoms with Crippen molar-refractivity contribution in [3.8, 4) is 0 Å². The van der Waals surface area contributed by atoms with E-state index >= 15 is 0 Å². The molecule has 1 saturated heterocycles. The molecule has 6 heteroatoms. The second-order valence-electron chi connectivity index (χ2n) is 4.79. The van der Waals surface area contributed by atoms with Crippen LogP contribution in [0.3, 0.4) is 0 Å². The minimum Gasteiger partial charge on any atom is -0.289 e. The van der Waals surface area contributed by atoms with Gasteiger partial charge in [0.1, 0.15) is 0 Å². The SMILES string of the molecule is Cc1cccc(/N=C2/S/C(=C\c3cccnc3)C(=O)N2C)n1. The average Bonchev–Trinajstić information content (AvgIpc) is 2.77. The summed E-state index contributed by atoms with van der Waals surface area (Å²) < 4.78 is 0. The number of likely N-dealkylation sites (N-methyl/N-ethyl adjacent to an activating group) is 1. The Bertz CT molecular complexity index is 771. The van der Waals surface area contributed by atoms with Crippen LogP contribution in [0.25, 0.3) is 6.08 Å². The van der Waals surface area contributed by atoms with Crippen molar-refractivity contribution in [2.24, 2.45) is 4.99 Å². The lowest BCUT2D eigenvalue weighted by atomic mass is 10.2. The third kappa shape index (κ3) is 3.07. The minimum absolute atomic E-state index is 0.0692. The summed E-state index contributed by atoms with van der Waals surface area (Å²) in [5.74, 6) is 0.532. The number of thioether (sulfide) groups is 1. The lowest BCUT2D eigenvalue weighted by Gasteiger charge is -2.06. The van der Waals surface area contributed by atoms with Crippen molar-refractivity contribution in [1.82, 2.24) is 14.9 Å². The van der Waals surface area contributed by atoms with Gasteiger partial charge in [0.15, 0.2) is 11.0 Å². The number of hydrogen-bond acceptors (Lipinski definition) is 5. The van der Waals surface area contributed by atoms with E-state index in [0.717, 1.165) is 11.3 Å². The van der Waals surface area contributed by atoms with Crippen LogP contribution in [0, 0.1) is 6.92 Å². The van der Waals surface area contributed by atoms with E-state index in [1.54, 1.807) is 19.4 Å². The molecule has 3 rings (SSSR count). The standard InChI is InChI=1S/C16H14N4OS/c1-11-5-3-7-14(18-11)19-16-20(2)15(21)13(22-16)9-12-6-4-8-17-10-12/h3-10H,1-2H3/b13-9-,19-16+. The highest BCUT2D eigenvalue weighted by atomic mass is 32.2. The molecule has 22 heavy (non-hydrogen) atoms. The molecule has 3 heterocycles. The molecule has 1 aliphatic heterocycles. The second kappa shape index (κ2) is 6.11. The molecule has 0 atom stereocenters. The van der Waals surface area contributed by atoms with E-state index in [-0.39, 0.29) is 5.91 Å². The average molecular weight is 310 g/mol. The van der Waals surface area contributed by atoms with Crippen molar-refractivity contribution in [3.05, 3.63) is 58.9 Å². The van der Waals surface area contributed by atoms with Crippen LogP contribution >= 0.6 is 11.8 Å². The first-order chi connectivity index (χ1) is 10.6. The monoisotopic (exact) mass is 310 g/mol. The van der Waals surface area contributed by atoms with Crippen LogP contribution in [0.15, 0.2) is 52.6 Å². The highest BCUT2D eigenvalue weighted by Gasteiger charge is 2.30. The number of aryl methyl sites for hydroxylation is 1. The number of hydrogen-bond donors (Lipinski definition) is 0. The summed E-state index contributed by atoms with van der Waals surface area (Å²) in [6, 6.07) is 9.38. The largest absolute Gasteiger partial charge is 0.289 e. The fourth-order valence-electron chi connectivity index (χ4n) is 1.95. The fraction of sp³-hybridized carbons (Fsp3) is 0.125. The van der Waals surface area contributed by atoms with Gasteiger partial charge in [-0.3, -0.25) is 14.7 Å². The fourth-order valence-corrected chi connectivity index (χ4v) is 2.93. The Morgan fingerprint density at radius 3 is 2.86 bits per heavy atom. The van der Waals surface area contributed by atoms with Crippen LogP contribution in [0.2, 0.25) is 0 Å². The van der Waals surface area contributed by atoms with Gasteiger partial charge < -0.3 is 0 Å². The Morgan fingerprint density at radius 2 is 2.14 bits per heavy atom. The van der Waals surface area contributed by atoms with Gasteiger partial charge in [0.25, 0.3) is 5.91 Å². The van der Waals surface area contributed by atoms with E-state index < -0.39 is 0 Å². The first-order valence-electron chi connectivity index (χ1n) is 6.73. The van der Waals surface area contributed by atoms with Crippen LogP contribution < -0.4 is 0 Å². The van der Waals surface area contributed by atoms with E-state index in [9.17, 15) is 4.79 Å². The zero-order valence-electron chi connectivity index (χ0n) is 12.2. The van der Waals surface area contributed by atoms with Gasteiger partial charge in [-0.2, -0.15) is 0 Å². The summed E-state index contributed by atoms with van der Waals surface area (Å²) in [6.07, 6.45) is 5.24. The molecule has 1 aliphatic rings. The molecule has 1 amide bonds. The van der Waals surface area contributed by atoms with Gasteiger partial charge in [-0.25, -0.2) is 9.98 Å². The molecule has 0 saturated carbocycles. The van der Waals surface area contributed by atoms with Gasteiger partial charge in [-0.15, -0.1) is 0 Å². The number of amidine groups is 1. The van der Waals surface area contributed by atoms with Crippen molar-refractivity contribution in [1.29, 1.82) is 0 Å². The lowest BCUT2D eigenvalue weighted by molar-refractivity contribution is -0.121. The van der Waals surface area contributed by atoms with Gasteiger partial charge in [-0.1, -0.05) is 12.1 Å². The van der Waals surface area contributed by atoms with Gasteiger partial charge in [0, 0.05) is 25.1 Å². The summed E-state index contributed by atoms with van der Waals surface area (Å²) in [7, 11) is 1.72. The molecule has 2 aromatic heterocycles. The number of rotatable bonds is 2. The lowest BCUT2D eigenvalue weighted by Crippen LogP contribution is -2.23. The van der Waals surface area contributed by atoms with E-state index in [1.807, 2.05) is 43.3 Å². The van der Waals surface area contributed by atoms with Crippen LogP contribution in [0.5, 0.6) is 0 Å². The number of aromatic nitrogens is 2. The summed E-state index contributed by atoms with van der Waals surface area (Å²) in [5.41, 5.74) is 1.78. The molecule has 0 aliphatic carbocycles. The maximum absolute atomic E-state index is 12.3.